The molecule has 5 rings (SSSR count). The summed E-state index contributed by atoms with van der Waals surface area (Å²) in [4.78, 5) is 4.51. The zero-order valence-electron chi connectivity index (χ0n) is 28.4. The smallest absolute Gasteiger partial charge is 0.233 e. The standard InChI is InChI=1S/C43H43N6/c1-5-11-35(45)20-15-34(28-44)31-17-22-38-33(26-31)18-23-39-42(49(43(38)39)37-13-9-8-10-14-37)24-19-30(7-3)32(16-21-36-25-29(4)48-36)27-41(47)40(46)12-6-2/h5-19,22-28,44-45H,2,20-21,46-47H2,1,3-4H3/q+1/b11-5-,24-19-,30-7+,32-16+,34-15+,40-12-,41-27-,44-28?,45-35?. The molecular formula is C43H43N6+. The molecular weight excluding hydrogens is 601 g/mol. The Labute approximate surface area is 288 Å². The van der Waals surface area contributed by atoms with Gasteiger partial charge >= 0.3 is 0 Å². The summed E-state index contributed by atoms with van der Waals surface area (Å²) >= 11 is 0. The number of hydrogen-bond donors (Lipinski definition) is 4. The molecule has 3 aromatic carbocycles. The van der Waals surface area contributed by atoms with Gasteiger partial charge < -0.3 is 22.3 Å². The number of nitrogens with zero attached hydrogens (tertiary/aromatic N) is 2. The minimum absolute atomic E-state index is 0.459. The van der Waals surface area contributed by atoms with Gasteiger partial charge in [-0.2, -0.15) is 4.58 Å². The third-order valence-corrected chi connectivity index (χ3v) is 8.38. The first kappa shape index (κ1) is 34.2. The number of para-hydroxylation sites is 1. The molecule has 3 aromatic rings. The zero-order valence-corrected chi connectivity index (χ0v) is 28.4. The second-order valence-corrected chi connectivity index (χ2v) is 11.8. The van der Waals surface area contributed by atoms with Gasteiger partial charge in [0.1, 0.15) is 5.22 Å². The van der Waals surface area contributed by atoms with Crippen LogP contribution in [0.5, 0.6) is 0 Å². The quantitative estimate of drug-likeness (QED) is 0.0814. The number of rotatable bonds is 14. The normalized spacial score (nSPS) is 15.6. The van der Waals surface area contributed by atoms with Crippen LogP contribution in [-0.4, -0.2) is 17.6 Å². The predicted molar refractivity (Wildman–Crippen MR) is 209 cm³/mol. The summed E-state index contributed by atoms with van der Waals surface area (Å²) in [5.74, 6) is 0. The van der Waals surface area contributed by atoms with E-state index in [1.165, 1.54) is 6.21 Å². The van der Waals surface area contributed by atoms with Crippen LogP contribution >= 0.6 is 0 Å². The van der Waals surface area contributed by atoms with E-state index in [-0.39, 0.29) is 0 Å². The van der Waals surface area contributed by atoms with Gasteiger partial charge in [-0.25, -0.2) is 0 Å². The van der Waals surface area contributed by atoms with E-state index in [0.29, 0.717) is 29.9 Å². The van der Waals surface area contributed by atoms with Crippen molar-refractivity contribution in [2.24, 2.45) is 16.5 Å². The third kappa shape index (κ3) is 7.71. The molecule has 0 aromatic heterocycles. The summed E-state index contributed by atoms with van der Waals surface area (Å²) in [7, 11) is 0. The highest BCUT2D eigenvalue weighted by atomic mass is 15.1. The molecule has 0 aliphatic carbocycles. The summed E-state index contributed by atoms with van der Waals surface area (Å²) in [5, 5.41) is 20.6. The van der Waals surface area contributed by atoms with Crippen molar-refractivity contribution in [3.05, 3.63) is 178 Å². The number of hydrogen-bond acceptors (Lipinski definition) is 5. The Balaban J connectivity index is 1.58. The maximum atomic E-state index is 8.09. The number of nitrogens with one attached hydrogen (secondary N) is 2. The minimum atomic E-state index is 0.459. The first-order valence-corrected chi connectivity index (χ1v) is 16.3. The molecule has 0 spiro atoms. The fraction of sp³-hybridized carbons (Fsp3) is 0.116. The van der Waals surface area contributed by atoms with Crippen molar-refractivity contribution in [1.82, 2.24) is 4.58 Å². The lowest BCUT2D eigenvalue weighted by molar-refractivity contribution is 0.931. The minimum Gasteiger partial charge on any atom is -0.397 e. The van der Waals surface area contributed by atoms with Gasteiger partial charge in [-0.1, -0.05) is 67.3 Å². The van der Waals surface area contributed by atoms with Crippen molar-refractivity contribution in [2.45, 2.75) is 33.6 Å². The van der Waals surface area contributed by atoms with E-state index in [9.17, 15) is 0 Å². The molecule has 0 amide bonds. The number of nitrogens with two attached hydrogens (primary N) is 2. The van der Waals surface area contributed by atoms with Gasteiger partial charge in [0.05, 0.1) is 16.8 Å². The van der Waals surface area contributed by atoms with Gasteiger partial charge in [-0.15, -0.1) is 0 Å². The molecule has 2 aliphatic rings. The second-order valence-electron chi connectivity index (χ2n) is 11.8. The zero-order chi connectivity index (χ0) is 34.9. The second kappa shape index (κ2) is 15.6. The Kier molecular flexibility index (Phi) is 10.9. The molecule has 0 radical (unpaired) electrons. The Morgan fingerprint density at radius 1 is 0.959 bits per heavy atom. The Hall–Kier alpha value is -6.14. The van der Waals surface area contributed by atoms with Gasteiger partial charge in [0, 0.05) is 54.4 Å². The summed E-state index contributed by atoms with van der Waals surface area (Å²) in [6.45, 7) is 9.66. The fourth-order valence-electron chi connectivity index (χ4n) is 5.93. The van der Waals surface area contributed by atoms with E-state index in [2.05, 4.69) is 101 Å². The van der Waals surface area contributed by atoms with E-state index in [0.717, 1.165) is 66.4 Å². The number of benzene rings is 3. The lowest BCUT2D eigenvalue weighted by Gasteiger charge is -2.14. The van der Waals surface area contributed by atoms with Gasteiger partial charge in [-0.05, 0) is 97.0 Å². The number of allylic oxidation sites excluding steroid dienone is 14. The maximum absolute atomic E-state index is 8.09. The molecule has 0 fully saturated rings. The van der Waals surface area contributed by atoms with Gasteiger partial charge in [0.25, 0.3) is 0 Å². The van der Waals surface area contributed by atoms with Gasteiger partial charge in [0.2, 0.25) is 16.7 Å². The lowest BCUT2D eigenvalue weighted by atomic mass is 9.96. The van der Waals surface area contributed by atoms with Gasteiger partial charge in [-0.3, -0.25) is 4.99 Å². The topological polar surface area (TPSA) is 115 Å². The largest absolute Gasteiger partial charge is 0.397 e. The van der Waals surface area contributed by atoms with Crippen LogP contribution in [0, 0.1) is 10.8 Å². The third-order valence-electron chi connectivity index (χ3n) is 8.38. The lowest BCUT2D eigenvalue weighted by Crippen LogP contribution is -2.49. The average Bonchev–Trinajstić information content (AvgIpc) is 3.08. The predicted octanol–water partition coefficient (Wildman–Crippen LogP) is 7.85. The van der Waals surface area contributed by atoms with Crippen molar-refractivity contribution >= 4 is 45.4 Å². The molecule has 0 unspecified atom stereocenters. The first-order chi connectivity index (χ1) is 23.8. The van der Waals surface area contributed by atoms with Crippen molar-refractivity contribution in [2.75, 3.05) is 0 Å². The highest BCUT2D eigenvalue weighted by Gasteiger charge is 2.28. The van der Waals surface area contributed by atoms with E-state index < -0.39 is 0 Å². The van der Waals surface area contributed by atoms with Crippen LogP contribution in [0.2, 0.25) is 0 Å². The van der Waals surface area contributed by atoms with Gasteiger partial charge in [0.15, 0.2) is 0 Å². The molecule has 6 nitrogen and oxygen atoms in total. The summed E-state index contributed by atoms with van der Waals surface area (Å²) in [6, 6.07) is 21.0. The van der Waals surface area contributed by atoms with Crippen LogP contribution in [-0.2, 0) is 0 Å². The summed E-state index contributed by atoms with van der Waals surface area (Å²) < 4.78 is 2.29. The van der Waals surface area contributed by atoms with E-state index in [1.54, 1.807) is 18.2 Å². The molecule has 0 bridgehead atoms. The summed E-state index contributed by atoms with van der Waals surface area (Å²) in [6.07, 6.45) is 23.9. The molecule has 0 saturated carbocycles. The monoisotopic (exact) mass is 643 g/mol. The van der Waals surface area contributed by atoms with Crippen LogP contribution in [0.15, 0.2) is 167 Å². The highest BCUT2D eigenvalue weighted by molar-refractivity contribution is 6.10. The van der Waals surface area contributed by atoms with Crippen LogP contribution in [0.1, 0.15) is 39.2 Å². The van der Waals surface area contributed by atoms with Crippen LogP contribution in [0.4, 0.5) is 5.69 Å². The molecule has 2 heterocycles. The van der Waals surface area contributed by atoms with E-state index in [4.69, 9.17) is 22.3 Å². The number of aliphatic imine (C=N–C) groups is 1. The van der Waals surface area contributed by atoms with Crippen molar-refractivity contribution in [3.8, 4) is 0 Å². The average molecular weight is 644 g/mol. The van der Waals surface area contributed by atoms with E-state index >= 15 is 0 Å². The van der Waals surface area contributed by atoms with Crippen molar-refractivity contribution < 1.29 is 0 Å². The fourth-order valence-corrected chi connectivity index (χ4v) is 5.93. The van der Waals surface area contributed by atoms with E-state index in [1.807, 2.05) is 45.1 Å². The molecule has 49 heavy (non-hydrogen) atoms. The van der Waals surface area contributed by atoms with Crippen LogP contribution in [0.25, 0.3) is 22.0 Å². The molecule has 6 N–H and O–H groups in total. The first-order valence-electron chi connectivity index (χ1n) is 16.3. The Morgan fingerprint density at radius 3 is 2.41 bits per heavy atom. The molecule has 244 valence electrons. The molecule has 2 aliphatic heterocycles. The molecule has 0 saturated heterocycles. The van der Waals surface area contributed by atoms with Crippen molar-refractivity contribution in [3.63, 3.8) is 0 Å². The highest BCUT2D eigenvalue weighted by Crippen LogP contribution is 2.24. The van der Waals surface area contributed by atoms with Crippen LogP contribution in [0.3, 0.4) is 0 Å². The SMILES string of the molecule is C=C/C=C(N)/C(N)=C/C(=C\CC1=NC(C)=C1)C(/C=C\C1=c2ccc3cc(/C(C=N)=C/CC(=N)/C=C\C)ccc3c2=[N+]1c1ccccc1)=C/C. The Bertz CT molecular complexity index is 2250. The molecule has 6 heteroatoms. The van der Waals surface area contributed by atoms with Crippen LogP contribution < -0.4 is 26.6 Å². The molecule has 0 atom stereocenters. The maximum Gasteiger partial charge on any atom is 0.233 e. The number of fused-ring (bicyclic) bond motifs is 3. The Morgan fingerprint density at radius 2 is 1.73 bits per heavy atom. The van der Waals surface area contributed by atoms with Crippen molar-refractivity contribution in [1.29, 1.82) is 10.8 Å². The summed E-state index contributed by atoms with van der Waals surface area (Å²) in [5.41, 5.74) is 22.0.